The highest BCUT2D eigenvalue weighted by molar-refractivity contribution is 6.14. The molecule has 0 N–H and O–H groups in total. The van der Waals surface area contributed by atoms with Gasteiger partial charge in [-0.2, -0.15) is 0 Å². The number of anilines is 3. The molecule has 9 aromatic rings. The Balaban J connectivity index is 1.21. The number of nitrogens with zero attached hydrogens (tertiary/aromatic N) is 2. The molecule has 2 nitrogen and oxygen atoms in total. The Bertz CT molecular complexity index is 2770. The first-order valence-corrected chi connectivity index (χ1v) is 18.4. The molecule has 0 saturated heterocycles. The zero-order chi connectivity index (χ0) is 35.5. The first kappa shape index (κ1) is 31.1. The highest BCUT2D eigenvalue weighted by Crippen LogP contribution is 2.51. The number of benzene rings is 8. The van der Waals surface area contributed by atoms with E-state index in [9.17, 15) is 0 Å². The lowest BCUT2D eigenvalue weighted by molar-refractivity contribution is 0.660. The molecule has 1 heterocycles. The van der Waals surface area contributed by atoms with Crippen molar-refractivity contribution in [1.29, 1.82) is 0 Å². The Morgan fingerprint density at radius 1 is 0.415 bits per heavy atom. The third kappa shape index (κ3) is 5.02. The van der Waals surface area contributed by atoms with Crippen LogP contribution in [0.15, 0.2) is 194 Å². The van der Waals surface area contributed by atoms with E-state index in [0.717, 1.165) is 22.7 Å². The molecule has 10 rings (SSSR count). The molecule has 0 atom stereocenters. The number of rotatable bonds is 6. The standard InChI is InChI=1S/C51H38N2/c1-51(2)46-21-11-9-18-42(46)43-33-32-41(34-47(43)51)52(39-28-24-37(25-29-39)35-14-5-3-6-15-35)49-23-13-20-45-44-19-10-12-22-48(44)53(50(45)49)40-30-26-38(27-31-40)36-16-7-4-8-17-36/h3-34H,1-2H3. The van der Waals surface area contributed by atoms with Crippen LogP contribution in [-0.2, 0) is 5.41 Å². The average Bonchev–Trinajstić information content (AvgIpc) is 3.68. The molecule has 8 aromatic carbocycles. The van der Waals surface area contributed by atoms with E-state index in [4.69, 9.17) is 0 Å². The molecule has 2 heteroatoms. The molecular formula is C51H38N2. The Morgan fingerprint density at radius 2 is 0.962 bits per heavy atom. The first-order valence-electron chi connectivity index (χ1n) is 18.4. The van der Waals surface area contributed by atoms with Crippen LogP contribution in [0.5, 0.6) is 0 Å². The summed E-state index contributed by atoms with van der Waals surface area (Å²) in [5, 5.41) is 2.46. The van der Waals surface area contributed by atoms with Gasteiger partial charge in [0.15, 0.2) is 0 Å². The van der Waals surface area contributed by atoms with Crippen molar-refractivity contribution in [3.05, 3.63) is 205 Å². The van der Waals surface area contributed by atoms with Gasteiger partial charge >= 0.3 is 0 Å². The molecule has 0 aliphatic heterocycles. The number of aromatic nitrogens is 1. The van der Waals surface area contributed by atoms with Crippen LogP contribution < -0.4 is 4.90 Å². The van der Waals surface area contributed by atoms with Crippen LogP contribution in [0.3, 0.4) is 0 Å². The van der Waals surface area contributed by atoms with Gasteiger partial charge in [-0.25, -0.2) is 0 Å². The Morgan fingerprint density at radius 3 is 1.68 bits per heavy atom. The van der Waals surface area contributed by atoms with E-state index < -0.39 is 0 Å². The van der Waals surface area contributed by atoms with Gasteiger partial charge < -0.3 is 9.47 Å². The monoisotopic (exact) mass is 678 g/mol. The highest BCUT2D eigenvalue weighted by atomic mass is 15.2. The molecule has 0 saturated carbocycles. The van der Waals surface area contributed by atoms with Crippen molar-refractivity contribution in [2.24, 2.45) is 0 Å². The summed E-state index contributed by atoms with van der Waals surface area (Å²) in [5.74, 6) is 0. The zero-order valence-electron chi connectivity index (χ0n) is 29.9. The number of hydrogen-bond acceptors (Lipinski definition) is 1. The maximum Gasteiger partial charge on any atom is 0.0782 e. The van der Waals surface area contributed by atoms with Crippen molar-refractivity contribution < 1.29 is 0 Å². The summed E-state index contributed by atoms with van der Waals surface area (Å²) >= 11 is 0. The lowest BCUT2D eigenvalue weighted by atomic mass is 9.82. The number of fused-ring (bicyclic) bond motifs is 6. The predicted molar refractivity (Wildman–Crippen MR) is 224 cm³/mol. The van der Waals surface area contributed by atoms with Crippen molar-refractivity contribution >= 4 is 38.9 Å². The molecule has 1 aromatic heterocycles. The third-order valence-electron chi connectivity index (χ3n) is 11.2. The van der Waals surface area contributed by atoms with Gasteiger partial charge in [-0.05, 0) is 93.0 Å². The molecule has 1 aliphatic carbocycles. The first-order chi connectivity index (χ1) is 26.1. The summed E-state index contributed by atoms with van der Waals surface area (Å²) in [6.07, 6.45) is 0. The summed E-state index contributed by atoms with van der Waals surface area (Å²) in [5.41, 5.74) is 17.0. The van der Waals surface area contributed by atoms with Crippen molar-refractivity contribution in [2.45, 2.75) is 19.3 Å². The molecule has 0 spiro atoms. The van der Waals surface area contributed by atoms with Crippen LogP contribution in [-0.4, -0.2) is 4.57 Å². The normalized spacial score (nSPS) is 12.9. The largest absolute Gasteiger partial charge is 0.308 e. The molecule has 0 unspecified atom stereocenters. The topological polar surface area (TPSA) is 8.17 Å². The molecule has 0 fully saturated rings. The molecule has 0 bridgehead atoms. The van der Waals surface area contributed by atoms with Crippen LogP contribution in [0.25, 0.3) is 60.9 Å². The summed E-state index contributed by atoms with van der Waals surface area (Å²) in [7, 11) is 0. The lowest BCUT2D eigenvalue weighted by Gasteiger charge is -2.29. The van der Waals surface area contributed by atoms with Gasteiger partial charge in [-0.1, -0.05) is 159 Å². The summed E-state index contributed by atoms with van der Waals surface area (Å²) in [6.45, 7) is 4.72. The van der Waals surface area contributed by atoms with Gasteiger partial charge in [0.1, 0.15) is 0 Å². The third-order valence-corrected chi connectivity index (χ3v) is 11.2. The second-order valence-corrected chi connectivity index (χ2v) is 14.6. The molecule has 0 radical (unpaired) electrons. The SMILES string of the molecule is CC1(C)c2ccccc2-c2ccc(N(c3ccc(-c4ccccc4)cc3)c3cccc4c5ccccc5n(-c5ccc(-c6ccccc6)cc5)c34)cc21. The molecule has 252 valence electrons. The molecule has 1 aliphatic rings. The van der Waals surface area contributed by atoms with E-state index in [1.165, 1.54) is 66.3 Å². The molecule has 0 amide bonds. The quantitative estimate of drug-likeness (QED) is 0.170. The number of hydrogen-bond donors (Lipinski definition) is 0. The van der Waals surface area contributed by atoms with E-state index in [1.807, 2.05) is 0 Å². The summed E-state index contributed by atoms with van der Waals surface area (Å²) in [6, 6.07) is 70.8. The Hall–Kier alpha value is -6.64. The Labute approximate surface area is 310 Å². The van der Waals surface area contributed by atoms with E-state index in [0.29, 0.717) is 0 Å². The minimum atomic E-state index is -0.119. The molecular weight excluding hydrogens is 641 g/mol. The van der Waals surface area contributed by atoms with Crippen LogP contribution >= 0.6 is 0 Å². The van der Waals surface area contributed by atoms with Crippen LogP contribution in [0.2, 0.25) is 0 Å². The van der Waals surface area contributed by atoms with Gasteiger partial charge in [-0.3, -0.25) is 0 Å². The fourth-order valence-corrected chi connectivity index (χ4v) is 8.57. The smallest absolute Gasteiger partial charge is 0.0782 e. The maximum absolute atomic E-state index is 2.46. The second-order valence-electron chi connectivity index (χ2n) is 14.6. The van der Waals surface area contributed by atoms with Crippen LogP contribution in [0, 0.1) is 0 Å². The van der Waals surface area contributed by atoms with Gasteiger partial charge in [-0.15, -0.1) is 0 Å². The highest BCUT2D eigenvalue weighted by Gasteiger charge is 2.36. The van der Waals surface area contributed by atoms with E-state index in [2.05, 4.69) is 217 Å². The van der Waals surface area contributed by atoms with E-state index in [1.54, 1.807) is 0 Å². The van der Waals surface area contributed by atoms with E-state index in [-0.39, 0.29) is 5.41 Å². The Kier molecular flexibility index (Phi) is 7.19. The van der Waals surface area contributed by atoms with E-state index >= 15 is 0 Å². The predicted octanol–water partition coefficient (Wildman–Crippen LogP) is 13.9. The number of para-hydroxylation sites is 2. The van der Waals surface area contributed by atoms with Crippen molar-refractivity contribution in [3.8, 4) is 39.1 Å². The fourth-order valence-electron chi connectivity index (χ4n) is 8.57. The second kappa shape index (κ2) is 12.3. The van der Waals surface area contributed by atoms with Crippen molar-refractivity contribution in [1.82, 2.24) is 4.57 Å². The fraction of sp³-hybridized carbons (Fsp3) is 0.0588. The minimum absolute atomic E-state index is 0.119. The lowest BCUT2D eigenvalue weighted by Crippen LogP contribution is -2.17. The van der Waals surface area contributed by atoms with Gasteiger partial charge in [0.25, 0.3) is 0 Å². The summed E-state index contributed by atoms with van der Waals surface area (Å²) in [4.78, 5) is 2.46. The zero-order valence-corrected chi connectivity index (χ0v) is 29.9. The van der Waals surface area contributed by atoms with Gasteiger partial charge in [0, 0.05) is 33.2 Å². The summed E-state index contributed by atoms with van der Waals surface area (Å²) < 4.78 is 2.45. The minimum Gasteiger partial charge on any atom is -0.308 e. The van der Waals surface area contributed by atoms with Crippen molar-refractivity contribution in [2.75, 3.05) is 4.90 Å². The van der Waals surface area contributed by atoms with Crippen LogP contribution in [0.4, 0.5) is 17.1 Å². The van der Waals surface area contributed by atoms with Gasteiger partial charge in [0.2, 0.25) is 0 Å². The average molecular weight is 679 g/mol. The van der Waals surface area contributed by atoms with Crippen LogP contribution in [0.1, 0.15) is 25.0 Å². The molecule has 53 heavy (non-hydrogen) atoms. The van der Waals surface area contributed by atoms with Crippen molar-refractivity contribution in [3.63, 3.8) is 0 Å². The maximum atomic E-state index is 2.46. The van der Waals surface area contributed by atoms with Gasteiger partial charge in [0.05, 0.1) is 16.7 Å².